The van der Waals surface area contributed by atoms with E-state index in [0.717, 1.165) is 28.1 Å². The third kappa shape index (κ3) is 4.45. The van der Waals surface area contributed by atoms with Gasteiger partial charge in [-0.25, -0.2) is 9.89 Å². The zero-order chi connectivity index (χ0) is 22.8. The van der Waals surface area contributed by atoms with E-state index in [-0.39, 0.29) is 17.6 Å². The van der Waals surface area contributed by atoms with Gasteiger partial charge in [0.05, 0.1) is 11.4 Å². The first-order chi connectivity index (χ1) is 16.1. The van der Waals surface area contributed by atoms with Crippen LogP contribution in [0.3, 0.4) is 0 Å². The molecule has 6 nitrogen and oxygen atoms in total. The maximum atomic E-state index is 13.3. The van der Waals surface area contributed by atoms with Crippen molar-refractivity contribution in [3.8, 4) is 0 Å². The van der Waals surface area contributed by atoms with E-state index < -0.39 is 6.04 Å². The average molecular weight is 455 g/mol. The third-order valence-corrected chi connectivity index (χ3v) is 6.43. The third-order valence-electron chi connectivity index (χ3n) is 5.49. The largest absolute Gasteiger partial charge is 0.325 e. The van der Waals surface area contributed by atoms with Crippen LogP contribution in [0, 0.1) is 6.92 Å². The van der Waals surface area contributed by atoms with E-state index in [0.29, 0.717) is 17.4 Å². The molecule has 3 aromatic rings. The first kappa shape index (κ1) is 21.2. The Labute approximate surface area is 196 Å². The Morgan fingerprint density at radius 1 is 1.00 bits per heavy atom. The van der Waals surface area contributed by atoms with E-state index in [1.54, 1.807) is 4.90 Å². The predicted octanol–water partition coefficient (Wildman–Crippen LogP) is 4.57. The number of amidine groups is 2. The summed E-state index contributed by atoms with van der Waals surface area (Å²) in [5.41, 5.74) is 4.50. The van der Waals surface area contributed by atoms with Crippen LogP contribution in [-0.4, -0.2) is 39.5 Å². The van der Waals surface area contributed by atoms with Gasteiger partial charge >= 0.3 is 0 Å². The molecule has 2 aliphatic heterocycles. The quantitative estimate of drug-likeness (QED) is 0.614. The summed E-state index contributed by atoms with van der Waals surface area (Å²) in [6, 6.07) is 24.6. The molecule has 0 unspecified atom stereocenters. The molecule has 0 spiro atoms. The van der Waals surface area contributed by atoms with Crippen molar-refractivity contribution in [3.63, 3.8) is 0 Å². The number of fused-ring (bicyclic) bond motifs is 3. The Hall–Kier alpha value is -3.71. The van der Waals surface area contributed by atoms with E-state index in [1.807, 2.05) is 85.8 Å². The zero-order valence-electron chi connectivity index (χ0n) is 18.1. The minimum absolute atomic E-state index is 0.117. The monoisotopic (exact) mass is 454 g/mol. The lowest BCUT2D eigenvalue weighted by Gasteiger charge is -2.25. The summed E-state index contributed by atoms with van der Waals surface area (Å²) in [7, 11) is 0. The predicted molar refractivity (Wildman–Crippen MR) is 133 cm³/mol. The normalized spacial score (nSPS) is 16.6. The Morgan fingerprint density at radius 3 is 2.52 bits per heavy atom. The maximum absolute atomic E-state index is 13.3. The number of thioether (sulfide) groups is 1. The SMILES string of the molecule is Cc1ccc(NC(=O)CSC2=Nc3ccccc3C3=N[C@H](Cc4ccccc4)C(=O)N23)cc1. The summed E-state index contributed by atoms with van der Waals surface area (Å²) < 4.78 is 0. The number of benzene rings is 3. The van der Waals surface area contributed by atoms with E-state index in [4.69, 9.17) is 9.98 Å². The highest BCUT2D eigenvalue weighted by atomic mass is 32.2. The van der Waals surface area contributed by atoms with Crippen molar-refractivity contribution < 1.29 is 9.59 Å². The molecule has 0 saturated heterocycles. The van der Waals surface area contributed by atoms with E-state index >= 15 is 0 Å². The van der Waals surface area contributed by atoms with Gasteiger partial charge in [-0.1, -0.05) is 71.9 Å². The van der Waals surface area contributed by atoms with Crippen molar-refractivity contribution >= 4 is 46.0 Å². The Kier molecular flexibility index (Phi) is 5.79. The van der Waals surface area contributed by atoms with Crippen LogP contribution < -0.4 is 5.32 Å². The van der Waals surface area contributed by atoms with Gasteiger partial charge in [0.15, 0.2) is 5.17 Å². The number of aliphatic imine (C=N–C) groups is 2. The van der Waals surface area contributed by atoms with E-state index in [9.17, 15) is 9.59 Å². The molecule has 7 heteroatoms. The molecule has 2 aliphatic rings. The molecule has 0 radical (unpaired) electrons. The molecule has 33 heavy (non-hydrogen) atoms. The molecule has 3 aromatic carbocycles. The Bertz CT molecular complexity index is 1270. The van der Waals surface area contributed by atoms with Crippen LogP contribution in [0.4, 0.5) is 11.4 Å². The van der Waals surface area contributed by atoms with Crippen LogP contribution in [0.25, 0.3) is 0 Å². The highest BCUT2D eigenvalue weighted by molar-refractivity contribution is 8.14. The second kappa shape index (κ2) is 9.03. The van der Waals surface area contributed by atoms with Gasteiger partial charge in [0.25, 0.3) is 5.91 Å². The van der Waals surface area contributed by atoms with Gasteiger partial charge in [0.1, 0.15) is 11.9 Å². The van der Waals surface area contributed by atoms with Crippen molar-refractivity contribution in [1.82, 2.24) is 4.90 Å². The van der Waals surface area contributed by atoms with Gasteiger partial charge in [-0.15, -0.1) is 0 Å². The van der Waals surface area contributed by atoms with Crippen molar-refractivity contribution in [3.05, 3.63) is 95.6 Å². The summed E-state index contributed by atoms with van der Waals surface area (Å²) in [5, 5.41) is 3.37. The molecule has 0 fully saturated rings. The van der Waals surface area contributed by atoms with Crippen LogP contribution in [0.5, 0.6) is 0 Å². The fourth-order valence-corrected chi connectivity index (χ4v) is 4.63. The second-order valence-electron chi connectivity index (χ2n) is 7.95. The van der Waals surface area contributed by atoms with Crippen molar-refractivity contribution in [2.75, 3.05) is 11.1 Å². The maximum Gasteiger partial charge on any atom is 0.259 e. The lowest BCUT2D eigenvalue weighted by molar-refractivity contribution is -0.124. The minimum atomic E-state index is -0.513. The molecule has 2 amide bonds. The number of amides is 2. The fraction of sp³-hybridized carbons (Fsp3) is 0.154. The smallest absolute Gasteiger partial charge is 0.259 e. The first-order valence-electron chi connectivity index (χ1n) is 10.7. The van der Waals surface area contributed by atoms with Crippen LogP contribution in [0.15, 0.2) is 88.8 Å². The summed E-state index contributed by atoms with van der Waals surface area (Å²) in [6.07, 6.45) is 0.522. The molecule has 5 rings (SSSR count). The minimum Gasteiger partial charge on any atom is -0.325 e. The van der Waals surface area contributed by atoms with E-state index in [2.05, 4.69) is 5.32 Å². The van der Waals surface area contributed by atoms with Gasteiger partial charge in [0.2, 0.25) is 5.91 Å². The summed E-state index contributed by atoms with van der Waals surface area (Å²) in [4.78, 5) is 36.9. The standard InChI is InChI=1S/C26H22N4O2S/c1-17-11-13-19(14-12-17)27-23(31)16-33-26-29-21-10-6-5-9-20(21)24-28-22(25(32)30(24)26)15-18-7-3-2-4-8-18/h2-14,22H,15-16H2,1H3,(H,27,31)/t22-/m1/s1. The number of carbonyl (C=O) groups is 2. The molecule has 164 valence electrons. The number of nitrogens with zero attached hydrogens (tertiary/aromatic N) is 3. The molecule has 1 N–H and O–H groups in total. The topological polar surface area (TPSA) is 74.1 Å². The number of rotatable bonds is 5. The van der Waals surface area contributed by atoms with Crippen molar-refractivity contribution in [2.45, 2.75) is 19.4 Å². The number of nitrogens with one attached hydrogen (secondary N) is 1. The van der Waals surface area contributed by atoms with Crippen LogP contribution in [0.1, 0.15) is 16.7 Å². The molecule has 1 atom stereocenters. The van der Waals surface area contributed by atoms with Crippen molar-refractivity contribution in [1.29, 1.82) is 0 Å². The van der Waals surface area contributed by atoms with Gasteiger partial charge in [0, 0.05) is 17.7 Å². The van der Waals surface area contributed by atoms with Gasteiger partial charge in [-0.2, -0.15) is 0 Å². The Balaban J connectivity index is 1.36. The van der Waals surface area contributed by atoms with Gasteiger partial charge < -0.3 is 5.32 Å². The van der Waals surface area contributed by atoms with Crippen molar-refractivity contribution in [2.24, 2.45) is 9.98 Å². The van der Waals surface area contributed by atoms with Gasteiger partial charge in [-0.3, -0.25) is 14.6 Å². The van der Waals surface area contributed by atoms with Gasteiger partial charge in [-0.05, 0) is 36.8 Å². The number of carbonyl (C=O) groups excluding carboxylic acids is 2. The number of anilines is 1. The highest BCUT2D eigenvalue weighted by Crippen LogP contribution is 2.34. The molecule has 0 bridgehead atoms. The molecular weight excluding hydrogens is 432 g/mol. The number of hydrogen-bond donors (Lipinski definition) is 1. The lowest BCUT2D eigenvalue weighted by atomic mass is 10.1. The molecule has 2 heterocycles. The first-order valence-corrected chi connectivity index (χ1v) is 11.7. The van der Waals surface area contributed by atoms with Crippen LogP contribution >= 0.6 is 11.8 Å². The Morgan fingerprint density at radius 2 is 1.73 bits per heavy atom. The summed E-state index contributed by atoms with van der Waals surface area (Å²) in [6.45, 7) is 2.00. The number of hydrogen-bond acceptors (Lipinski definition) is 5. The number of para-hydroxylation sites is 1. The number of aryl methyl sites for hydroxylation is 1. The average Bonchev–Trinajstić information content (AvgIpc) is 3.16. The van der Waals surface area contributed by atoms with Crippen LogP contribution in [0.2, 0.25) is 0 Å². The second-order valence-corrected chi connectivity index (χ2v) is 8.89. The molecule has 0 aromatic heterocycles. The van der Waals surface area contributed by atoms with Crippen LogP contribution in [-0.2, 0) is 16.0 Å². The molecule has 0 saturated carbocycles. The highest BCUT2D eigenvalue weighted by Gasteiger charge is 2.41. The summed E-state index contributed by atoms with van der Waals surface area (Å²) >= 11 is 1.24. The lowest BCUT2D eigenvalue weighted by Crippen LogP contribution is -2.41. The fourth-order valence-electron chi connectivity index (χ4n) is 3.83. The zero-order valence-corrected chi connectivity index (χ0v) is 18.9. The summed E-state index contributed by atoms with van der Waals surface area (Å²) in [5.74, 6) is 0.466. The molecular formula is C26H22N4O2S. The van der Waals surface area contributed by atoms with E-state index in [1.165, 1.54) is 11.8 Å². The molecule has 0 aliphatic carbocycles.